The van der Waals surface area contributed by atoms with Crippen molar-refractivity contribution < 1.29 is 9.59 Å². The van der Waals surface area contributed by atoms with E-state index in [9.17, 15) is 9.59 Å². The first kappa shape index (κ1) is 8.15. The number of aldehydes is 2. The largest absolute Gasteiger partial charge is 0.298 e. The molecule has 0 fully saturated rings. The smallest absolute Gasteiger partial charge is 0.151 e. The van der Waals surface area contributed by atoms with Crippen LogP contribution in [0, 0.1) is 11.3 Å². The van der Waals surface area contributed by atoms with Crippen LogP contribution in [0.25, 0.3) is 0 Å². The lowest BCUT2D eigenvalue weighted by molar-refractivity contribution is 0.111. The number of hydrogen-bond donors (Lipinski definition) is 0. The molecule has 1 aromatic carbocycles. The van der Waals surface area contributed by atoms with Crippen LogP contribution in [0.1, 0.15) is 26.3 Å². The Morgan fingerprint density at radius 2 is 2.00 bits per heavy atom. The third kappa shape index (κ3) is 1.38. The molecule has 0 atom stereocenters. The number of nitrogens with zero attached hydrogens (tertiary/aromatic N) is 1. The van der Waals surface area contributed by atoms with Gasteiger partial charge in [0.05, 0.1) is 11.6 Å². The zero-order chi connectivity index (χ0) is 8.97. The molecule has 0 saturated heterocycles. The highest BCUT2D eigenvalue weighted by atomic mass is 16.1. The van der Waals surface area contributed by atoms with Gasteiger partial charge in [-0.1, -0.05) is 6.07 Å². The van der Waals surface area contributed by atoms with E-state index >= 15 is 0 Å². The molecule has 0 amide bonds. The van der Waals surface area contributed by atoms with Gasteiger partial charge >= 0.3 is 0 Å². The Balaban J connectivity index is 3.30. The molecule has 0 bridgehead atoms. The summed E-state index contributed by atoms with van der Waals surface area (Å²) in [4.78, 5) is 20.6. The van der Waals surface area contributed by atoms with Crippen molar-refractivity contribution in [3.63, 3.8) is 0 Å². The maximum Gasteiger partial charge on any atom is 0.151 e. The Labute approximate surface area is 69.2 Å². The minimum atomic E-state index is 0.231. The Kier molecular flexibility index (Phi) is 2.34. The summed E-state index contributed by atoms with van der Waals surface area (Å²) in [5, 5.41) is 8.54. The fourth-order valence-corrected chi connectivity index (χ4v) is 0.847. The van der Waals surface area contributed by atoms with Gasteiger partial charge in [0.2, 0.25) is 0 Å². The molecular weight excluding hydrogens is 154 g/mol. The highest BCUT2D eigenvalue weighted by Gasteiger charge is 2.00. The van der Waals surface area contributed by atoms with Gasteiger partial charge in [0.1, 0.15) is 6.29 Å². The summed E-state index contributed by atoms with van der Waals surface area (Å²) in [5.74, 6) is 0. The second-order valence-electron chi connectivity index (χ2n) is 2.19. The van der Waals surface area contributed by atoms with Crippen molar-refractivity contribution in [1.82, 2.24) is 0 Å². The molecule has 0 aromatic heterocycles. The van der Waals surface area contributed by atoms with Crippen LogP contribution >= 0.6 is 0 Å². The van der Waals surface area contributed by atoms with E-state index < -0.39 is 0 Å². The molecule has 0 saturated carbocycles. The minimum absolute atomic E-state index is 0.231. The highest BCUT2D eigenvalue weighted by molar-refractivity contribution is 5.83. The predicted molar refractivity (Wildman–Crippen MR) is 41.9 cm³/mol. The Morgan fingerprint density at radius 1 is 1.25 bits per heavy atom. The molecule has 0 radical (unpaired) electrons. The SMILES string of the molecule is N#Cc1cc(C=O)ccc1C=O. The normalized spacial score (nSPS) is 8.58. The van der Waals surface area contributed by atoms with Crippen molar-refractivity contribution in [3.05, 3.63) is 34.9 Å². The first-order valence-electron chi connectivity index (χ1n) is 3.26. The second kappa shape index (κ2) is 3.44. The number of hydrogen-bond acceptors (Lipinski definition) is 3. The minimum Gasteiger partial charge on any atom is -0.298 e. The van der Waals surface area contributed by atoms with Crippen LogP contribution in [0.4, 0.5) is 0 Å². The van der Waals surface area contributed by atoms with E-state index in [1.165, 1.54) is 18.2 Å². The van der Waals surface area contributed by atoms with E-state index in [2.05, 4.69) is 0 Å². The summed E-state index contributed by atoms with van der Waals surface area (Å²) in [7, 11) is 0. The van der Waals surface area contributed by atoms with Crippen LogP contribution in [-0.4, -0.2) is 12.6 Å². The summed E-state index contributed by atoms with van der Waals surface area (Å²) >= 11 is 0. The van der Waals surface area contributed by atoms with Gasteiger partial charge in [0.25, 0.3) is 0 Å². The molecule has 1 rings (SSSR count). The van der Waals surface area contributed by atoms with E-state index in [1.54, 1.807) is 0 Å². The number of nitriles is 1. The van der Waals surface area contributed by atoms with Gasteiger partial charge in [0.15, 0.2) is 6.29 Å². The van der Waals surface area contributed by atoms with Crippen LogP contribution in [0.5, 0.6) is 0 Å². The molecule has 58 valence electrons. The van der Waals surface area contributed by atoms with Crippen molar-refractivity contribution in [2.24, 2.45) is 0 Å². The number of carbonyl (C=O) groups is 2. The number of rotatable bonds is 2. The van der Waals surface area contributed by atoms with Crippen LogP contribution in [0.15, 0.2) is 18.2 Å². The predicted octanol–water partition coefficient (Wildman–Crippen LogP) is 1.18. The lowest BCUT2D eigenvalue weighted by Gasteiger charge is -1.94. The molecule has 3 nitrogen and oxygen atoms in total. The first-order valence-corrected chi connectivity index (χ1v) is 3.26. The zero-order valence-corrected chi connectivity index (χ0v) is 6.15. The third-order valence-corrected chi connectivity index (χ3v) is 1.46. The van der Waals surface area contributed by atoms with E-state index in [0.717, 1.165) is 0 Å². The van der Waals surface area contributed by atoms with Gasteiger partial charge < -0.3 is 0 Å². The Bertz CT molecular complexity index is 363. The molecule has 0 unspecified atom stereocenters. The maximum absolute atomic E-state index is 10.3. The molecule has 12 heavy (non-hydrogen) atoms. The molecule has 0 N–H and O–H groups in total. The Morgan fingerprint density at radius 3 is 2.50 bits per heavy atom. The zero-order valence-electron chi connectivity index (χ0n) is 6.15. The van der Waals surface area contributed by atoms with Gasteiger partial charge in [-0.05, 0) is 12.1 Å². The van der Waals surface area contributed by atoms with Gasteiger partial charge in [0, 0.05) is 11.1 Å². The topological polar surface area (TPSA) is 57.9 Å². The molecular formula is C9H5NO2. The average Bonchev–Trinajstić information content (AvgIpc) is 2.16. The molecule has 0 heterocycles. The average molecular weight is 159 g/mol. The number of carbonyl (C=O) groups excluding carboxylic acids is 2. The van der Waals surface area contributed by atoms with Crippen LogP contribution in [-0.2, 0) is 0 Å². The molecule has 0 spiro atoms. The summed E-state index contributed by atoms with van der Waals surface area (Å²) in [6.07, 6.45) is 1.22. The van der Waals surface area contributed by atoms with Crippen molar-refractivity contribution in [2.75, 3.05) is 0 Å². The summed E-state index contributed by atoms with van der Waals surface area (Å²) in [6, 6.07) is 6.17. The van der Waals surface area contributed by atoms with Crippen LogP contribution in [0.2, 0.25) is 0 Å². The summed E-state index contributed by atoms with van der Waals surface area (Å²) in [6.45, 7) is 0. The molecule has 3 heteroatoms. The van der Waals surface area contributed by atoms with Crippen molar-refractivity contribution in [1.29, 1.82) is 5.26 Å². The third-order valence-electron chi connectivity index (χ3n) is 1.46. The fourth-order valence-electron chi connectivity index (χ4n) is 0.847. The van der Waals surface area contributed by atoms with E-state index in [-0.39, 0.29) is 5.56 Å². The molecule has 1 aromatic rings. The fraction of sp³-hybridized carbons (Fsp3) is 0. The standard InChI is InChI=1S/C9H5NO2/c10-4-9-3-7(5-11)1-2-8(9)6-12/h1-3,5-6H. The quantitative estimate of drug-likeness (QED) is 0.609. The van der Waals surface area contributed by atoms with E-state index in [4.69, 9.17) is 5.26 Å². The van der Waals surface area contributed by atoms with Crippen molar-refractivity contribution >= 4 is 12.6 Å². The molecule has 0 aliphatic heterocycles. The van der Waals surface area contributed by atoms with Crippen molar-refractivity contribution in [3.8, 4) is 6.07 Å². The van der Waals surface area contributed by atoms with Gasteiger partial charge in [-0.2, -0.15) is 5.26 Å². The van der Waals surface area contributed by atoms with Crippen LogP contribution in [0.3, 0.4) is 0 Å². The lowest BCUT2D eigenvalue weighted by Crippen LogP contribution is -1.89. The Hall–Kier alpha value is -1.95. The monoisotopic (exact) mass is 159 g/mol. The van der Waals surface area contributed by atoms with Crippen LogP contribution < -0.4 is 0 Å². The van der Waals surface area contributed by atoms with E-state index in [1.807, 2.05) is 6.07 Å². The molecule has 0 aliphatic carbocycles. The summed E-state index contributed by atoms with van der Waals surface area (Å²) in [5.41, 5.74) is 0.940. The van der Waals surface area contributed by atoms with Gasteiger partial charge in [-0.25, -0.2) is 0 Å². The van der Waals surface area contributed by atoms with Crippen molar-refractivity contribution in [2.45, 2.75) is 0 Å². The van der Waals surface area contributed by atoms with Gasteiger partial charge in [-0.3, -0.25) is 9.59 Å². The van der Waals surface area contributed by atoms with Gasteiger partial charge in [-0.15, -0.1) is 0 Å². The van der Waals surface area contributed by atoms with E-state index in [0.29, 0.717) is 23.7 Å². The highest BCUT2D eigenvalue weighted by Crippen LogP contribution is 2.07. The lowest BCUT2D eigenvalue weighted by atomic mass is 10.1. The first-order chi connectivity index (χ1) is 5.81. The second-order valence-corrected chi connectivity index (χ2v) is 2.19. The maximum atomic E-state index is 10.3. The summed E-state index contributed by atoms with van der Waals surface area (Å²) < 4.78 is 0. The molecule has 0 aliphatic rings. The number of benzene rings is 1.